The average Bonchev–Trinajstić information content (AvgIpc) is 2.99. The molecule has 2 rings (SSSR count). The Morgan fingerprint density at radius 3 is 2.94 bits per heavy atom. The Bertz CT molecular complexity index is 385. The van der Waals surface area contributed by atoms with E-state index in [1.807, 2.05) is 11.8 Å². The van der Waals surface area contributed by atoms with Crippen molar-refractivity contribution in [2.24, 2.45) is 0 Å². The maximum Gasteiger partial charge on any atom is 0.308 e. The molecule has 5 heteroatoms. The molecule has 0 bridgehead atoms. The molecule has 3 nitrogen and oxygen atoms in total. The number of hydrogen-bond donors (Lipinski definition) is 1. The highest BCUT2D eigenvalue weighted by Gasteiger charge is 2.30. The van der Waals surface area contributed by atoms with Crippen molar-refractivity contribution in [2.75, 3.05) is 5.75 Å². The van der Waals surface area contributed by atoms with Crippen LogP contribution in [0.4, 0.5) is 0 Å². The van der Waals surface area contributed by atoms with E-state index in [0.29, 0.717) is 5.92 Å². The van der Waals surface area contributed by atoms with E-state index in [1.54, 1.807) is 11.3 Å². The number of thiazole rings is 1. The minimum absolute atomic E-state index is 0.139. The van der Waals surface area contributed by atoms with Gasteiger partial charge in [0, 0.05) is 16.5 Å². The molecule has 0 aromatic carbocycles. The van der Waals surface area contributed by atoms with Gasteiger partial charge >= 0.3 is 5.97 Å². The predicted molar refractivity (Wildman–Crippen MR) is 67.3 cm³/mol. The lowest BCUT2D eigenvalue weighted by Crippen LogP contribution is -2.00. The molecule has 1 fully saturated rings. The fraction of sp³-hybridized carbons (Fsp3) is 0.636. The summed E-state index contributed by atoms with van der Waals surface area (Å²) >= 11 is 3.42. The van der Waals surface area contributed by atoms with Crippen LogP contribution in [0.5, 0.6) is 0 Å². The average molecular weight is 257 g/mol. The molecule has 1 aliphatic rings. The van der Waals surface area contributed by atoms with Crippen LogP contribution in [0.15, 0.2) is 0 Å². The molecule has 1 heterocycles. The van der Waals surface area contributed by atoms with E-state index >= 15 is 0 Å². The lowest BCUT2D eigenvalue weighted by Gasteiger charge is -1.95. The minimum Gasteiger partial charge on any atom is -0.481 e. The normalized spacial score (nSPS) is 15.3. The molecule has 1 aromatic rings. The molecular weight excluding hydrogens is 242 g/mol. The second-order valence-corrected chi connectivity index (χ2v) is 6.34. The first-order valence-corrected chi connectivity index (χ1v) is 7.45. The molecular formula is C11H15NO2S2. The zero-order valence-electron chi connectivity index (χ0n) is 9.23. The lowest BCUT2D eigenvalue weighted by molar-refractivity contribution is -0.136. The summed E-state index contributed by atoms with van der Waals surface area (Å²) in [5, 5.41) is 9.94. The van der Waals surface area contributed by atoms with E-state index in [9.17, 15) is 4.79 Å². The summed E-state index contributed by atoms with van der Waals surface area (Å²) in [4.78, 5) is 16.3. The number of aliphatic carboxylic acids is 1. The molecule has 88 valence electrons. The van der Waals surface area contributed by atoms with Gasteiger partial charge in [-0.2, -0.15) is 11.8 Å². The highest BCUT2D eigenvalue weighted by molar-refractivity contribution is 7.98. The Morgan fingerprint density at radius 2 is 2.38 bits per heavy atom. The molecule has 1 saturated carbocycles. The van der Waals surface area contributed by atoms with E-state index in [4.69, 9.17) is 5.11 Å². The summed E-state index contributed by atoms with van der Waals surface area (Å²) in [5.74, 6) is 1.79. The SMILES string of the molecule is CCSCc1nc(C2CC2)c(CC(=O)O)s1. The molecule has 1 N–H and O–H groups in total. The van der Waals surface area contributed by atoms with Gasteiger partial charge in [0.1, 0.15) is 5.01 Å². The first kappa shape index (κ1) is 11.9. The van der Waals surface area contributed by atoms with Crippen LogP contribution in [-0.2, 0) is 17.0 Å². The highest BCUT2D eigenvalue weighted by Crippen LogP contribution is 2.43. The number of carboxylic acid groups (broad SMARTS) is 1. The van der Waals surface area contributed by atoms with Crippen LogP contribution in [0.1, 0.15) is 41.3 Å². The number of carbonyl (C=O) groups is 1. The molecule has 1 aromatic heterocycles. The van der Waals surface area contributed by atoms with E-state index in [-0.39, 0.29) is 6.42 Å². The molecule has 0 unspecified atom stereocenters. The molecule has 16 heavy (non-hydrogen) atoms. The fourth-order valence-corrected chi connectivity index (χ4v) is 3.47. The number of rotatable bonds is 6. The molecule has 0 radical (unpaired) electrons. The zero-order valence-corrected chi connectivity index (χ0v) is 10.9. The first-order valence-electron chi connectivity index (χ1n) is 5.48. The van der Waals surface area contributed by atoms with Crippen LogP contribution in [0.2, 0.25) is 0 Å². The van der Waals surface area contributed by atoms with Gasteiger partial charge in [-0.05, 0) is 18.6 Å². The summed E-state index contributed by atoms with van der Waals surface area (Å²) in [5.41, 5.74) is 1.07. The Kier molecular flexibility index (Phi) is 3.86. The molecule has 0 spiro atoms. The Balaban J connectivity index is 2.12. The zero-order chi connectivity index (χ0) is 11.5. The fourth-order valence-electron chi connectivity index (χ4n) is 1.60. The van der Waals surface area contributed by atoms with Crippen molar-refractivity contribution >= 4 is 29.1 Å². The van der Waals surface area contributed by atoms with Gasteiger partial charge in [-0.3, -0.25) is 4.79 Å². The quantitative estimate of drug-likeness (QED) is 0.851. The van der Waals surface area contributed by atoms with Gasteiger partial charge in [0.25, 0.3) is 0 Å². The third-order valence-corrected chi connectivity index (χ3v) is 4.62. The molecule has 0 saturated heterocycles. The predicted octanol–water partition coefficient (Wildman–Crippen LogP) is 2.90. The summed E-state index contributed by atoms with van der Waals surface area (Å²) in [6.45, 7) is 2.12. The molecule has 0 aliphatic heterocycles. The Labute approximate surface area is 103 Å². The third-order valence-electron chi connectivity index (χ3n) is 2.48. The van der Waals surface area contributed by atoms with Crippen molar-refractivity contribution in [3.05, 3.63) is 15.6 Å². The van der Waals surface area contributed by atoms with Gasteiger partial charge in [0.2, 0.25) is 0 Å². The summed E-state index contributed by atoms with van der Waals surface area (Å²) in [6, 6.07) is 0. The van der Waals surface area contributed by atoms with Gasteiger partial charge in [0.05, 0.1) is 12.1 Å². The summed E-state index contributed by atoms with van der Waals surface area (Å²) in [7, 11) is 0. The summed E-state index contributed by atoms with van der Waals surface area (Å²) < 4.78 is 0. The number of carboxylic acids is 1. The van der Waals surface area contributed by atoms with E-state index < -0.39 is 5.97 Å². The Hall–Kier alpha value is -0.550. The smallest absolute Gasteiger partial charge is 0.308 e. The van der Waals surface area contributed by atoms with Gasteiger partial charge in [-0.25, -0.2) is 4.98 Å². The van der Waals surface area contributed by atoms with Crippen LogP contribution in [-0.4, -0.2) is 21.8 Å². The second-order valence-electron chi connectivity index (χ2n) is 3.90. The van der Waals surface area contributed by atoms with E-state index in [2.05, 4.69) is 11.9 Å². The second kappa shape index (κ2) is 5.19. The monoisotopic (exact) mass is 257 g/mol. The van der Waals surface area contributed by atoms with Gasteiger partial charge in [-0.15, -0.1) is 11.3 Å². The van der Waals surface area contributed by atoms with Crippen molar-refractivity contribution in [3.8, 4) is 0 Å². The topological polar surface area (TPSA) is 50.2 Å². The molecule has 0 atom stereocenters. The number of thioether (sulfide) groups is 1. The molecule has 0 amide bonds. The molecule has 1 aliphatic carbocycles. The van der Waals surface area contributed by atoms with Crippen LogP contribution in [0, 0.1) is 0 Å². The minimum atomic E-state index is -0.750. The van der Waals surface area contributed by atoms with Gasteiger partial charge in [0.15, 0.2) is 0 Å². The van der Waals surface area contributed by atoms with Crippen molar-refractivity contribution in [1.29, 1.82) is 0 Å². The number of aromatic nitrogens is 1. The van der Waals surface area contributed by atoms with Crippen molar-refractivity contribution < 1.29 is 9.90 Å². The highest BCUT2D eigenvalue weighted by atomic mass is 32.2. The van der Waals surface area contributed by atoms with Crippen LogP contribution < -0.4 is 0 Å². The third kappa shape index (κ3) is 2.98. The first-order chi connectivity index (χ1) is 7.70. The maximum atomic E-state index is 10.8. The number of nitrogens with zero attached hydrogens (tertiary/aromatic N) is 1. The van der Waals surface area contributed by atoms with Crippen LogP contribution in [0.25, 0.3) is 0 Å². The van der Waals surface area contributed by atoms with Crippen molar-refractivity contribution in [2.45, 2.75) is 37.9 Å². The lowest BCUT2D eigenvalue weighted by atomic mass is 10.2. The van der Waals surface area contributed by atoms with Crippen LogP contribution >= 0.6 is 23.1 Å². The standard InChI is InChI=1S/C11H15NO2S2/c1-2-15-6-9-12-11(7-3-4-7)8(16-9)5-10(13)14/h7H,2-6H2,1H3,(H,13,14). The van der Waals surface area contributed by atoms with Crippen LogP contribution in [0.3, 0.4) is 0 Å². The maximum absolute atomic E-state index is 10.8. The summed E-state index contributed by atoms with van der Waals surface area (Å²) in [6.07, 6.45) is 2.49. The Morgan fingerprint density at radius 1 is 1.62 bits per heavy atom. The van der Waals surface area contributed by atoms with Crippen molar-refractivity contribution in [3.63, 3.8) is 0 Å². The van der Waals surface area contributed by atoms with Gasteiger partial charge in [-0.1, -0.05) is 6.92 Å². The largest absolute Gasteiger partial charge is 0.481 e. The van der Waals surface area contributed by atoms with E-state index in [0.717, 1.165) is 27.1 Å². The van der Waals surface area contributed by atoms with Crippen molar-refractivity contribution in [1.82, 2.24) is 4.98 Å². The van der Waals surface area contributed by atoms with Gasteiger partial charge < -0.3 is 5.11 Å². The van der Waals surface area contributed by atoms with E-state index in [1.165, 1.54) is 12.8 Å². The number of hydrogen-bond acceptors (Lipinski definition) is 4.